The molecule has 1 aliphatic carbocycles. The van der Waals surface area contributed by atoms with E-state index in [0.717, 1.165) is 37.5 Å². The molecule has 0 aliphatic heterocycles. The molecule has 0 N–H and O–H groups in total. The molecular weight excluding hydrogens is 200 g/mol. The topological polar surface area (TPSA) is 33.2 Å². The van der Waals surface area contributed by atoms with E-state index in [1.54, 1.807) is 6.20 Å². The quantitative estimate of drug-likeness (QED) is 0.688. The summed E-state index contributed by atoms with van der Waals surface area (Å²) >= 11 is 0. The van der Waals surface area contributed by atoms with E-state index in [-0.39, 0.29) is 0 Å². The lowest BCUT2D eigenvalue weighted by Gasteiger charge is -2.24. The Morgan fingerprint density at radius 1 is 1.56 bits per heavy atom. The van der Waals surface area contributed by atoms with Crippen LogP contribution in [0.4, 0.5) is 5.82 Å². The van der Waals surface area contributed by atoms with Crippen LogP contribution in [0.3, 0.4) is 0 Å². The van der Waals surface area contributed by atoms with E-state index >= 15 is 0 Å². The molecule has 2 rings (SSSR count). The van der Waals surface area contributed by atoms with Gasteiger partial charge in [-0.15, -0.1) is 0 Å². The largest absolute Gasteiger partial charge is 0.356 e. The van der Waals surface area contributed by atoms with E-state index in [0.29, 0.717) is 5.56 Å². The van der Waals surface area contributed by atoms with Gasteiger partial charge in [0.25, 0.3) is 0 Å². The molecule has 1 aliphatic rings. The van der Waals surface area contributed by atoms with Gasteiger partial charge in [0, 0.05) is 19.3 Å². The fourth-order valence-electron chi connectivity index (χ4n) is 1.93. The molecule has 86 valence electrons. The average molecular weight is 218 g/mol. The molecule has 16 heavy (non-hydrogen) atoms. The Labute approximate surface area is 96.5 Å². The highest BCUT2D eigenvalue weighted by atomic mass is 16.1. The van der Waals surface area contributed by atoms with Crippen molar-refractivity contribution in [1.82, 2.24) is 4.98 Å². The molecule has 1 heterocycles. The van der Waals surface area contributed by atoms with Crippen LogP contribution in [-0.2, 0) is 0 Å². The van der Waals surface area contributed by atoms with Crippen molar-refractivity contribution in [3.8, 4) is 0 Å². The number of carbonyl (C=O) groups is 1. The lowest BCUT2D eigenvalue weighted by atomic mass is 10.2. The van der Waals surface area contributed by atoms with E-state index in [4.69, 9.17) is 0 Å². The van der Waals surface area contributed by atoms with Gasteiger partial charge in [0.15, 0.2) is 6.29 Å². The number of nitrogens with zero attached hydrogens (tertiary/aromatic N) is 2. The highest BCUT2D eigenvalue weighted by Crippen LogP contribution is 2.31. The Morgan fingerprint density at radius 3 is 3.00 bits per heavy atom. The van der Waals surface area contributed by atoms with Gasteiger partial charge < -0.3 is 4.90 Å². The summed E-state index contributed by atoms with van der Waals surface area (Å²) in [6, 6.07) is 3.65. The molecule has 0 amide bonds. The zero-order valence-corrected chi connectivity index (χ0v) is 9.72. The molecule has 0 aromatic carbocycles. The first kappa shape index (κ1) is 11.1. The molecule has 1 aromatic rings. The second-order valence-corrected chi connectivity index (χ2v) is 4.42. The summed E-state index contributed by atoms with van der Waals surface area (Å²) in [4.78, 5) is 17.6. The van der Waals surface area contributed by atoms with E-state index in [1.807, 2.05) is 12.1 Å². The molecule has 3 nitrogen and oxygen atoms in total. The van der Waals surface area contributed by atoms with Crippen LogP contribution in [0.1, 0.15) is 36.5 Å². The van der Waals surface area contributed by atoms with E-state index < -0.39 is 0 Å². The maximum atomic E-state index is 11.0. The van der Waals surface area contributed by atoms with E-state index in [2.05, 4.69) is 16.8 Å². The predicted molar refractivity (Wildman–Crippen MR) is 64.9 cm³/mol. The van der Waals surface area contributed by atoms with Crippen molar-refractivity contribution in [2.75, 3.05) is 18.0 Å². The molecule has 3 heteroatoms. The number of hydrogen-bond acceptors (Lipinski definition) is 3. The molecular formula is C13H18N2O. The monoisotopic (exact) mass is 218 g/mol. The summed E-state index contributed by atoms with van der Waals surface area (Å²) in [5.74, 6) is 1.67. The molecule has 0 spiro atoms. The van der Waals surface area contributed by atoms with Crippen LogP contribution in [0.25, 0.3) is 0 Å². The summed E-state index contributed by atoms with van der Waals surface area (Å²) in [5, 5.41) is 0. The number of aldehydes is 1. The third-order valence-corrected chi connectivity index (χ3v) is 2.91. The lowest BCUT2D eigenvalue weighted by Crippen LogP contribution is -2.28. The number of hydrogen-bond donors (Lipinski definition) is 0. The highest BCUT2D eigenvalue weighted by molar-refractivity contribution is 5.82. The fraction of sp³-hybridized carbons (Fsp3) is 0.538. The molecule has 0 atom stereocenters. The summed E-state index contributed by atoms with van der Waals surface area (Å²) in [6.45, 7) is 4.18. The molecule has 1 fully saturated rings. The van der Waals surface area contributed by atoms with Gasteiger partial charge in [0.05, 0.1) is 5.56 Å². The summed E-state index contributed by atoms with van der Waals surface area (Å²) in [6.07, 6.45) is 6.39. The maximum absolute atomic E-state index is 11.0. The Morgan fingerprint density at radius 2 is 2.38 bits per heavy atom. The van der Waals surface area contributed by atoms with Crippen molar-refractivity contribution in [2.45, 2.75) is 26.2 Å². The van der Waals surface area contributed by atoms with Crippen molar-refractivity contribution in [3.05, 3.63) is 23.9 Å². The smallest absolute Gasteiger partial charge is 0.153 e. The zero-order valence-electron chi connectivity index (χ0n) is 9.72. The van der Waals surface area contributed by atoms with Crippen LogP contribution in [-0.4, -0.2) is 24.4 Å². The second-order valence-electron chi connectivity index (χ2n) is 4.42. The van der Waals surface area contributed by atoms with Crippen LogP contribution >= 0.6 is 0 Å². The van der Waals surface area contributed by atoms with Gasteiger partial charge in [-0.05, 0) is 37.3 Å². The van der Waals surface area contributed by atoms with E-state index in [1.165, 1.54) is 12.8 Å². The second kappa shape index (κ2) is 5.10. The number of rotatable bonds is 6. The van der Waals surface area contributed by atoms with Crippen LogP contribution in [0, 0.1) is 5.92 Å². The standard InChI is InChI=1S/C13H18N2O/c1-2-8-15(9-11-5-6-11)13-12(10-16)4-3-7-14-13/h3-4,7,10-11H,2,5-6,8-9H2,1H3. The lowest BCUT2D eigenvalue weighted by molar-refractivity contribution is 0.112. The molecule has 0 saturated heterocycles. The van der Waals surface area contributed by atoms with Gasteiger partial charge >= 0.3 is 0 Å². The van der Waals surface area contributed by atoms with Gasteiger partial charge in [-0.25, -0.2) is 4.98 Å². The van der Waals surface area contributed by atoms with Gasteiger partial charge in [0.1, 0.15) is 5.82 Å². The molecule has 1 saturated carbocycles. The number of aromatic nitrogens is 1. The first-order valence-corrected chi connectivity index (χ1v) is 6.00. The number of pyridine rings is 1. The Hall–Kier alpha value is -1.38. The van der Waals surface area contributed by atoms with Crippen LogP contribution in [0.2, 0.25) is 0 Å². The van der Waals surface area contributed by atoms with Crippen LogP contribution in [0.5, 0.6) is 0 Å². The average Bonchev–Trinajstić information content (AvgIpc) is 3.12. The first-order valence-electron chi connectivity index (χ1n) is 6.00. The van der Waals surface area contributed by atoms with Crippen molar-refractivity contribution >= 4 is 12.1 Å². The molecule has 0 unspecified atom stereocenters. The van der Waals surface area contributed by atoms with Crippen LogP contribution < -0.4 is 4.90 Å². The Balaban J connectivity index is 2.18. The Kier molecular flexibility index (Phi) is 3.54. The fourth-order valence-corrected chi connectivity index (χ4v) is 1.93. The van der Waals surface area contributed by atoms with Crippen molar-refractivity contribution in [1.29, 1.82) is 0 Å². The summed E-state index contributed by atoms with van der Waals surface area (Å²) < 4.78 is 0. The minimum atomic E-state index is 0.705. The normalized spacial score (nSPS) is 14.8. The Bertz CT molecular complexity index is 361. The van der Waals surface area contributed by atoms with Crippen molar-refractivity contribution in [3.63, 3.8) is 0 Å². The minimum absolute atomic E-state index is 0.705. The minimum Gasteiger partial charge on any atom is -0.356 e. The number of carbonyl (C=O) groups excluding carboxylic acids is 1. The van der Waals surface area contributed by atoms with E-state index in [9.17, 15) is 4.79 Å². The van der Waals surface area contributed by atoms with Gasteiger partial charge in [0.2, 0.25) is 0 Å². The first-order chi connectivity index (χ1) is 7.85. The van der Waals surface area contributed by atoms with Crippen molar-refractivity contribution in [2.24, 2.45) is 5.92 Å². The number of anilines is 1. The maximum Gasteiger partial charge on any atom is 0.153 e. The molecule has 0 bridgehead atoms. The van der Waals surface area contributed by atoms with Gasteiger partial charge in [-0.2, -0.15) is 0 Å². The third-order valence-electron chi connectivity index (χ3n) is 2.91. The van der Waals surface area contributed by atoms with Gasteiger partial charge in [-0.3, -0.25) is 4.79 Å². The van der Waals surface area contributed by atoms with Gasteiger partial charge in [-0.1, -0.05) is 6.92 Å². The summed E-state index contributed by atoms with van der Waals surface area (Å²) in [7, 11) is 0. The van der Waals surface area contributed by atoms with Crippen LogP contribution in [0.15, 0.2) is 18.3 Å². The zero-order chi connectivity index (χ0) is 11.4. The summed E-state index contributed by atoms with van der Waals surface area (Å²) in [5.41, 5.74) is 0.705. The predicted octanol–water partition coefficient (Wildman–Crippen LogP) is 2.52. The SMILES string of the molecule is CCCN(CC1CC1)c1ncccc1C=O. The third kappa shape index (κ3) is 2.60. The molecule has 1 aromatic heterocycles. The highest BCUT2D eigenvalue weighted by Gasteiger charge is 2.25. The molecule has 0 radical (unpaired) electrons. The van der Waals surface area contributed by atoms with Crippen molar-refractivity contribution < 1.29 is 4.79 Å².